The lowest BCUT2D eigenvalue weighted by Gasteiger charge is -2.10. The maximum Gasteiger partial charge on any atom is 0.222 e. The molecular formula is C13H18Br2N2O2. The van der Waals surface area contributed by atoms with Crippen LogP contribution >= 0.6 is 31.9 Å². The number of hydrogen-bond acceptors (Lipinski definition) is 3. The first kappa shape index (κ1) is 16.5. The van der Waals surface area contributed by atoms with E-state index in [2.05, 4.69) is 42.5 Å². The van der Waals surface area contributed by atoms with Crippen LogP contribution in [-0.2, 0) is 11.3 Å². The van der Waals surface area contributed by atoms with Crippen LogP contribution < -0.4 is 10.6 Å². The van der Waals surface area contributed by atoms with E-state index >= 15 is 0 Å². The van der Waals surface area contributed by atoms with Gasteiger partial charge in [0.2, 0.25) is 5.91 Å². The smallest absolute Gasteiger partial charge is 0.222 e. The van der Waals surface area contributed by atoms with Gasteiger partial charge in [-0.25, -0.2) is 0 Å². The highest BCUT2D eigenvalue weighted by Gasteiger charge is 2.06. The van der Waals surface area contributed by atoms with Crippen molar-refractivity contribution in [3.05, 3.63) is 26.6 Å². The largest absolute Gasteiger partial charge is 0.506 e. The van der Waals surface area contributed by atoms with E-state index in [1.807, 2.05) is 26.0 Å². The van der Waals surface area contributed by atoms with Crippen LogP contribution in [0.25, 0.3) is 0 Å². The second-order valence-electron chi connectivity index (χ2n) is 4.53. The standard InChI is InChI=1S/C13H18Br2N2O2/c1-8(2)13(19)17-4-3-16-7-9-5-10(14)12(18)11(15)6-9/h5-6,8,16,18H,3-4,7H2,1-2H3,(H,17,19). The van der Waals surface area contributed by atoms with Crippen molar-refractivity contribution in [3.8, 4) is 5.75 Å². The Hall–Kier alpha value is -0.590. The van der Waals surface area contributed by atoms with Gasteiger partial charge in [0.25, 0.3) is 0 Å². The number of nitrogens with one attached hydrogen (secondary N) is 2. The van der Waals surface area contributed by atoms with E-state index in [1.165, 1.54) is 0 Å². The van der Waals surface area contributed by atoms with Gasteiger partial charge in [0.15, 0.2) is 0 Å². The molecule has 0 unspecified atom stereocenters. The van der Waals surface area contributed by atoms with Crippen molar-refractivity contribution in [2.45, 2.75) is 20.4 Å². The molecule has 0 aliphatic rings. The summed E-state index contributed by atoms with van der Waals surface area (Å²) in [6.07, 6.45) is 0. The Morgan fingerprint density at radius 3 is 2.37 bits per heavy atom. The zero-order valence-corrected chi connectivity index (χ0v) is 14.1. The van der Waals surface area contributed by atoms with Crippen LogP contribution in [0.5, 0.6) is 5.75 Å². The quantitative estimate of drug-likeness (QED) is 0.651. The van der Waals surface area contributed by atoms with Crippen molar-refractivity contribution < 1.29 is 9.90 Å². The molecule has 0 aliphatic heterocycles. The van der Waals surface area contributed by atoms with Gasteiger partial charge in [-0.05, 0) is 49.6 Å². The van der Waals surface area contributed by atoms with Crippen molar-refractivity contribution >= 4 is 37.8 Å². The molecule has 19 heavy (non-hydrogen) atoms. The zero-order chi connectivity index (χ0) is 14.4. The fourth-order valence-corrected chi connectivity index (χ4v) is 2.71. The predicted octanol–water partition coefficient (Wildman–Crippen LogP) is 2.78. The van der Waals surface area contributed by atoms with Crippen molar-refractivity contribution in [2.24, 2.45) is 5.92 Å². The van der Waals surface area contributed by atoms with Gasteiger partial charge in [-0.2, -0.15) is 0 Å². The first-order valence-corrected chi connectivity index (χ1v) is 7.65. The van der Waals surface area contributed by atoms with Gasteiger partial charge in [-0.3, -0.25) is 4.79 Å². The summed E-state index contributed by atoms with van der Waals surface area (Å²) >= 11 is 6.58. The molecule has 0 spiro atoms. The average Bonchev–Trinajstić information content (AvgIpc) is 2.34. The van der Waals surface area contributed by atoms with Crippen LogP contribution in [0.15, 0.2) is 21.1 Å². The molecule has 0 heterocycles. The third kappa shape index (κ3) is 5.50. The highest BCUT2D eigenvalue weighted by atomic mass is 79.9. The van der Waals surface area contributed by atoms with Gasteiger partial charge in [0, 0.05) is 25.6 Å². The molecule has 0 aromatic heterocycles. The number of phenolic OH excluding ortho intramolecular Hbond substituents is 1. The van der Waals surface area contributed by atoms with Crippen molar-refractivity contribution in [2.75, 3.05) is 13.1 Å². The molecule has 0 bridgehead atoms. The first-order valence-electron chi connectivity index (χ1n) is 6.07. The monoisotopic (exact) mass is 392 g/mol. The molecule has 4 nitrogen and oxygen atoms in total. The second kappa shape index (κ2) is 7.87. The third-order valence-electron chi connectivity index (χ3n) is 2.53. The van der Waals surface area contributed by atoms with Crippen molar-refractivity contribution in [1.29, 1.82) is 0 Å². The molecule has 0 aliphatic carbocycles. The van der Waals surface area contributed by atoms with Crippen LogP contribution in [0.4, 0.5) is 0 Å². The maximum absolute atomic E-state index is 11.3. The normalized spacial score (nSPS) is 10.8. The summed E-state index contributed by atoms with van der Waals surface area (Å²) in [5.74, 6) is 0.286. The Balaban J connectivity index is 2.32. The Labute approximate surface area is 130 Å². The molecule has 1 aromatic rings. The predicted molar refractivity (Wildman–Crippen MR) is 83.1 cm³/mol. The van der Waals surface area contributed by atoms with E-state index in [0.29, 0.717) is 28.6 Å². The van der Waals surface area contributed by atoms with E-state index < -0.39 is 0 Å². The number of benzene rings is 1. The van der Waals surface area contributed by atoms with Gasteiger partial charge >= 0.3 is 0 Å². The van der Waals surface area contributed by atoms with Crippen LogP contribution in [0.1, 0.15) is 19.4 Å². The summed E-state index contributed by atoms with van der Waals surface area (Å²) in [5.41, 5.74) is 1.05. The van der Waals surface area contributed by atoms with Gasteiger partial charge in [-0.1, -0.05) is 13.8 Å². The number of hydrogen-bond donors (Lipinski definition) is 3. The molecule has 0 atom stereocenters. The molecule has 0 saturated carbocycles. The number of carbonyl (C=O) groups excluding carboxylic acids is 1. The number of carbonyl (C=O) groups is 1. The number of phenols is 1. The molecular weight excluding hydrogens is 376 g/mol. The fourth-order valence-electron chi connectivity index (χ4n) is 1.43. The summed E-state index contributed by atoms with van der Waals surface area (Å²) in [7, 11) is 0. The van der Waals surface area contributed by atoms with Crippen LogP contribution in [0.3, 0.4) is 0 Å². The number of rotatable bonds is 6. The van der Waals surface area contributed by atoms with E-state index in [4.69, 9.17) is 0 Å². The highest BCUT2D eigenvalue weighted by molar-refractivity contribution is 9.11. The SMILES string of the molecule is CC(C)C(=O)NCCNCc1cc(Br)c(O)c(Br)c1. The van der Waals surface area contributed by atoms with Crippen molar-refractivity contribution in [1.82, 2.24) is 10.6 Å². The lowest BCUT2D eigenvalue weighted by Crippen LogP contribution is -2.34. The van der Waals surface area contributed by atoms with Gasteiger partial charge in [0.1, 0.15) is 5.75 Å². The van der Waals surface area contributed by atoms with Gasteiger partial charge in [0.05, 0.1) is 8.95 Å². The molecule has 1 rings (SSSR count). The van der Waals surface area contributed by atoms with E-state index in [-0.39, 0.29) is 17.6 Å². The third-order valence-corrected chi connectivity index (χ3v) is 3.74. The lowest BCUT2D eigenvalue weighted by atomic mass is 10.2. The topological polar surface area (TPSA) is 61.4 Å². The zero-order valence-electron chi connectivity index (χ0n) is 11.0. The Morgan fingerprint density at radius 2 is 1.84 bits per heavy atom. The first-order chi connectivity index (χ1) is 8.91. The number of aromatic hydroxyl groups is 1. The molecule has 0 saturated heterocycles. The fraction of sp³-hybridized carbons (Fsp3) is 0.462. The molecule has 0 radical (unpaired) electrons. The molecule has 0 fully saturated rings. The maximum atomic E-state index is 11.3. The van der Waals surface area contributed by atoms with Gasteiger partial charge in [-0.15, -0.1) is 0 Å². The van der Waals surface area contributed by atoms with Crippen LogP contribution in [-0.4, -0.2) is 24.1 Å². The molecule has 106 valence electrons. The van der Waals surface area contributed by atoms with E-state index in [0.717, 1.165) is 5.56 Å². The second-order valence-corrected chi connectivity index (χ2v) is 6.24. The molecule has 1 amide bonds. The summed E-state index contributed by atoms with van der Waals surface area (Å²) in [5, 5.41) is 15.7. The van der Waals surface area contributed by atoms with E-state index in [1.54, 1.807) is 0 Å². The minimum atomic E-state index is 0.0176. The summed E-state index contributed by atoms with van der Waals surface area (Å²) in [6.45, 7) is 5.73. The lowest BCUT2D eigenvalue weighted by molar-refractivity contribution is -0.123. The number of halogens is 2. The van der Waals surface area contributed by atoms with E-state index in [9.17, 15) is 9.90 Å². The summed E-state index contributed by atoms with van der Waals surface area (Å²) in [4.78, 5) is 11.3. The summed E-state index contributed by atoms with van der Waals surface area (Å²) in [6, 6.07) is 3.72. The Morgan fingerprint density at radius 1 is 1.26 bits per heavy atom. The molecule has 6 heteroatoms. The summed E-state index contributed by atoms with van der Waals surface area (Å²) < 4.78 is 1.32. The Kier molecular flexibility index (Phi) is 6.82. The van der Waals surface area contributed by atoms with Crippen LogP contribution in [0.2, 0.25) is 0 Å². The molecule has 3 N–H and O–H groups in total. The van der Waals surface area contributed by atoms with Gasteiger partial charge < -0.3 is 15.7 Å². The minimum Gasteiger partial charge on any atom is -0.506 e. The average molecular weight is 394 g/mol. The minimum absolute atomic E-state index is 0.0176. The van der Waals surface area contributed by atoms with Crippen LogP contribution in [0, 0.1) is 5.92 Å². The van der Waals surface area contributed by atoms with Crippen molar-refractivity contribution in [3.63, 3.8) is 0 Å². The number of amides is 1. The highest BCUT2D eigenvalue weighted by Crippen LogP contribution is 2.33. The Bertz CT molecular complexity index is 427. The molecule has 1 aromatic carbocycles.